The average molecular weight is 459 g/mol. The van der Waals surface area contributed by atoms with Crippen LogP contribution in [-0.4, -0.2) is 25.3 Å². The molecule has 0 spiro atoms. The van der Waals surface area contributed by atoms with Crippen LogP contribution in [-0.2, 0) is 11.2 Å². The number of hydrogen-bond donors (Lipinski definition) is 1. The summed E-state index contributed by atoms with van der Waals surface area (Å²) in [6.45, 7) is 3.71. The van der Waals surface area contributed by atoms with Gasteiger partial charge in [0.15, 0.2) is 11.5 Å². The van der Waals surface area contributed by atoms with Crippen LogP contribution in [0.4, 0.5) is 13.8 Å². The molecule has 0 bridgehead atoms. The van der Waals surface area contributed by atoms with Crippen molar-refractivity contribution in [2.75, 3.05) is 18.7 Å². The lowest BCUT2D eigenvalue weighted by Crippen LogP contribution is -2.17. The number of amides is 1. The molecule has 166 valence electrons. The van der Waals surface area contributed by atoms with E-state index in [1.165, 1.54) is 6.07 Å². The van der Waals surface area contributed by atoms with Crippen LogP contribution in [0.15, 0.2) is 36.4 Å². The van der Waals surface area contributed by atoms with E-state index in [1.807, 2.05) is 12.1 Å². The number of ether oxygens (including phenoxy) is 3. The number of esters is 1. The van der Waals surface area contributed by atoms with Crippen LogP contribution in [0.2, 0.25) is 0 Å². The van der Waals surface area contributed by atoms with Crippen LogP contribution in [0.3, 0.4) is 0 Å². The molecule has 4 rings (SSSR count). The number of benzene rings is 2. The normalized spacial score (nSPS) is 12.0. The largest absolute Gasteiger partial charge is 0.462 e. The Bertz CT molecular complexity index is 1190. The Morgan fingerprint density at radius 2 is 1.81 bits per heavy atom. The Labute approximate surface area is 186 Å². The highest BCUT2D eigenvalue weighted by Crippen LogP contribution is 2.38. The van der Waals surface area contributed by atoms with E-state index < -0.39 is 29.1 Å². The molecule has 2 heterocycles. The minimum absolute atomic E-state index is 0.140. The fourth-order valence-electron chi connectivity index (χ4n) is 3.38. The third-order valence-electron chi connectivity index (χ3n) is 4.94. The van der Waals surface area contributed by atoms with Gasteiger partial charge in [-0.1, -0.05) is 12.1 Å². The summed E-state index contributed by atoms with van der Waals surface area (Å²) in [6, 6.07) is 8.69. The highest BCUT2D eigenvalue weighted by molar-refractivity contribution is 7.17. The molecule has 0 saturated carbocycles. The third kappa shape index (κ3) is 4.16. The highest BCUT2D eigenvalue weighted by Gasteiger charge is 2.26. The van der Waals surface area contributed by atoms with Gasteiger partial charge in [0.25, 0.3) is 5.91 Å². The Kier molecular flexibility index (Phi) is 6.09. The summed E-state index contributed by atoms with van der Waals surface area (Å²) in [5, 5.41) is 2.66. The van der Waals surface area contributed by atoms with Crippen molar-refractivity contribution >= 4 is 28.2 Å². The second-order valence-electron chi connectivity index (χ2n) is 6.99. The van der Waals surface area contributed by atoms with E-state index >= 15 is 0 Å². The van der Waals surface area contributed by atoms with Gasteiger partial charge in [-0.2, -0.15) is 0 Å². The molecule has 3 aromatic rings. The first kappa shape index (κ1) is 21.8. The lowest BCUT2D eigenvalue weighted by Gasteiger charge is -2.08. The smallest absolute Gasteiger partial charge is 0.341 e. The van der Waals surface area contributed by atoms with Crippen LogP contribution in [0.5, 0.6) is 11.5 Å². The molecule has 9 heteroatoms. The van der Waals surface area contributed by atoms with Crippen LogP contribution in [0.25, 0.3) is 0 Å². The number of rotatable bonds is 6. The number of anilines is 1. The number of hydrogen-bond acceptors (Lipinski definition) is 6. The van der Waals surface area contributed by atoms with Crippen molar-refractivity contribution < 1.29 is 32.6 Å². The highest BCUT2D eigenvalue weighted by atomic mass is 32.1. The summed E-state index contributed by atoms with van der Waals surface area (Å²) in [6.07, 6.45) is 0.448. The average Bonchev–Trinajstić information content (AvgIpc) is 3.32. The van der Waals surface area contributed by atoms with Crippen LogP contribution in [0.1, 0.15) is 43.6 Å². The quantitative estimate of drug-likeness (QED) is 0.520. The minimum atomic E-state index is -0.992. The maximum atomic E-state index is 14.1. The number of nitrogens with one attached hydrogen (secondary N) is 1. The maximum Gasteiger partial charge on any atom is 0.341 e. The summed E-state index contributed by atoms with van der Waals surface area (Å²) in [5.41, 5.74) is 0.978. The fourth-order valence-corrected chi connectivity index (χ4v) is 4.61. The maximum absolute atomic E-state index is 14.1. The van der Waals surface area contributed by atoms with Crippen molar-refractivity contribution in [3.8, 4) is 11.5 Å². The molecule has 0 saturated heterocycles. The van der Waals surface area contributed by atoms with Gasteiger partial charge in [-0.25, -0.2) is 13.6 Å². The van der Waals surface area contributed by atoms with Gasteiger partial charge < -0.3 is 19.5 Å². The molecule has 1 aliphatic heterocycles. The zero-order valence-electron chi connectivity index (χ0n) is 17.3. The van der Waals surface area contributed by atoms with Crippen molar-refractivity contribution in [3.63, 3.8) is 0 Å². The van der Waals surface area contributed by atoms with Crippen molar-refractivity contribution in [1.29, 1.82) is 0 Å². The molecule has 0 atom stereocenters. The molecule has 6 nitrogen and oxygen atoms in total. The summed E-state index contributed by atoms with van der Waals surface area (Å²) in [4.78, 5) is 26.0. The monoisotopic (exact) mass is 459 g/mol. The van der Waals surface area contributed by atoms with E-state index in [1.54, 1.807) is 19.9 Å². The van der Waals surface area contributed by atoms with Gasteiger partial charge in [0.05, 0.1) is 12.2 Å². The predicted molar refractivity (Wildman–Crippen MR) is 115 cm³/mol. The van der Waals surface area contributed by atoms with Crippen LogP contribution < -0.4 is 14.8 Å². The number of halogens is 2. The summed E-state index contributed by atoms with van der Waals surface area (Å²) in [7, 11) is 0. The topological polar surface area (TPSA) is 73.9 Å². The summed E-state index contributed by atoms with van der Waals surface area (Å²) in [5.74, 6) is -2.30. The molecular weight excluding hydrogens is 440 g/mol. The van der Waals surface area contributed by atoms with E-state index in [4.69, 9.17) is 14.2 Å². The van der Waals surface area contributed by atoms with Crippen molar-refractivity contribution in [3.05, 3.63) is 75.2 Å². The Morgan fingerprint density at radius 1 is 1.09 bits per heavy atom. The second kappa shape index (κ2) is 8.96. The van der Waals surface area contributed by atoms with E-state index in [0.717, 1.165) is 33.9 Å². The van der Waals surface area contributed by atoms with Gasteiger partial charge in [-0.15, -0.1) is 11.3 Å². The second-order valence-corrected chi connectivity index (χ2v) is 8.10. The SMILES string of the molecule is CCOC(=O)c1c(NC(=O)c2c(F)cccc2F)sc(Cc2ccc3c(c2)OCO3)c1C. The molecule has 0 aliphatic carbocycles. The molecule has 0 unspecified atom stereocenters. The molecular formula is C23H19F2NO5S. The van der Waals surface area contributed by atoms with Crippen LogP contribution in [0, 0.1) is 18.6 Å². The van der Waals surface area contributed by atoms with Gasteiger partial charge >= 0.3 is 5.97 Å². The number of carbonyl (C=O) groups excluding carboxylic acids is 2. The Morgan fingerprint density at radius 3 is 2.53 bits per heavy atom. The zero-order valence-corrected chi connectivity index (χ0v) is 18.1. The molecule has 32 heavy (non-hydrogen) atoms. The standard InChI is InChI=1S/C23H19F2NO5S/c1-3-29-23(28)19-12(2)18(10-13-7-8-16-17(9-13)31-11-30-16)32-22(19)26-21(27)20-14(24)5-4-6-15(20)25/h4-9H,3,10-11H2,1-2H3,(H,26,27). The number of thiophene rings is 1. The lowest BCUT2D eigenvalue weighted by atomic mass is 10.1. The zero-order chi connectivity index (χ0) is 22.8. The van der Waals surface area contributed by atoms with E-state index in [-0.39, 0.29) is 24.0 Å². The van der Waals surface area contributed by atoms with Crippen molar-refractivity contribution in [2.24, 2.45) is 0 Å². The van der Waals surface area contributed by atoms with Crippen LogP contribution >= 0.6 is 11.3 Å². The van der Waals surface area contributed by atoms with E-state index in [2.05, 4.69) is 5.32 Å². The van der Waals surface area contributed by atoms with Crippen molar-refractivity contribution in [1.82, 2.24) is 0 Å². The van der Waals surface area contributed by atoms with Gasteiger partial charge in [0.2, 0.25) is 6.79 Å². The first-order chi connectivity index (χ1) is 15.4. The van der Waals surface area contributed by atoms with Crippen molar-refractivity contribution in [2.45, 2.75) is 20.3 Å². The molecule has 1 aromatic heterocycles. The van der Waals surface area contributed by atoms with Gasteiger partial charge in [-0.05, 0) is 49.2 Å². The van der Waals surface area contributed by atoms with E-state index in [0.29, 0.717) is 23.5 Å². The molecule has 2 aromatic carbocycles. The van der Waals surface area contributed by atoms with Gasteiger partial charge in [0, 0.05) is 11.3 Å². The van der Waals surface area contributed by atoms with Gasteiger partial charge in [0.1, 0.15) is 22.2 Å². The Balaban J connectivity index is 1.68. The number of fused-ring (bicyclic) bond motifs is 1. The first-order valence-corrected chi connectivity index (χ1v) is 10.6. The summed E-state index contributed by atoms with van der Waals surface area (Å²) < 4.78 is 44.0. The Hall–Kier alpha value is -3.46. The first-order valence-electron chi connectivity index (χ1n) is 9.82. The predicted octanol–water partition coefficient (Wildman–Crippen LogP) is 5.08. The fraction of sp³-hybridized carbons (Fsp3) is 0.217. The lowest BCUT2D eigenvalue weighted by molar-refractivity contribution is 0.0527. The molecule has 1 amide bonds. The van der Waals surface area contributed by atoms with Gasteiger partial charge in [-0.3, -0.25) is 4.79 Å². The molecule has 0 radical (unpaired) electrons. The molecule has 1 aliphatic rings. The summed E-state index contributed by atoms with van der Waals surface area (Å²) >= 11 is 1.15. The molecule has 0 fully saturated rings. The number of carbonyl (C=O) groups is 2. The third-order valence-corrected chi connectivity index (χ3v) is 6.15. The minimum Gasteiger partial charge on any atom is -0.462 e. The van der Waals surface area contributed by atoms with E-state index in [9.17, 15) is 18.4 Å². The molecule has 1 N–H and O–H groups in total.